The number of benzene rings is 1. The first-order valence-corrected chi connectivity index (χ1v) is 7.42. The van der Waals surface area contributed by atoms with Crippen LogP contribution in [-0.4, -0.2) is 19.6 Å². The van der Waals surface area contributed by atoms with E-state index in [0.717, 1.165) is 43.7 Å². The van der Waals surface area contributed by atoms with Gasteiger partial charge in [-0.05, 0) is 44.4 Å². The quantitative estimate of drug-likeness (QED) is 0.905. The van der Waals surface area contributed by atoms with Crippen molar-refractivity contribution >= 4 is 5.69 Å². The predicted octanol–water partition coefficient (Wildman–Crippen LogP) is 2.81. The summed E-state index contributed by atoms with van der Waals surface area (Å²) in [5, 5.41) is 0. The van der Waals surface area contributed by atoms with Crippen molar-refractivity contribution in [3.8, 4) is 0 Å². The summed E-state index contributed by atoms with van der Waals surface area (Å²) in [5.41, 5.74) is 8.48. The van der Waals surface area contributed by atoms with Gasteiger partial charge in [0.25, 0.3) is 0 Å². The Morgan fingerprint density at radius 3 is 2.58 bits per heavy atom. The first-order chi connectivity index (χ1) is 9.18. The second-order valence-electron chi connectivity index (χ2n) is 6.83. The van der Waals surface area contributed by atoms with E-state index >= 15 is 0 Å². The molecular weight excluding hydrogens is 239 g/mol. The molecule has 4 rings (SSSR count). The van der Waals surface area contributed by atoms with E-state index in [2.05, 4.69) is 11.0 Å². The summed E-state index contributed by atoms with van der Waals surface area (Å²) < 4.78 is 14.3. The average Bonchev–Trinajstić information content (AvgIpc) is 3.05. The van der Waals surface area contributed by atoms with Gasteiger partial charge in [-0.1, -0.05) is 12.5 Å². The van der Waals surface area contributed by atoms with Gasteiger partial charge in [0.15, 0.2) is 0 Å². The van der Waals surface area contributed by atoms with Gasteiger partial charge in [-0.25, -0.2) is 4.39 Å². The Morgan fingerprint density at radius 2 is 2.00 bits per heavy atom. The molecule has 1 aliphatic heterocycles. The third kappa shape index (κ3) is 1.57. The molecule has 1 aromatic carbocycles. The van der Waals surface area contributed by atoms with E-state index in [-0.39, 0.29) is 11.2 Å². The van der Waals surface area contributed by atoms with Gasteiger partial charge in [0.1, 0.15) is 5.82 Å². The molecule has 3 heteroatoms. The number of hydrogen-bond donors (Lipinski definition) is 1. The predicted molar refractivity (Wildman–Crippen MR) is 74.9 cm³/mol. The van der Waals surface area contributed by atoms with E-state index < -0.39 is 0 Å². The molecule has 0 radical (unpaired) electrons. The van der Waals surface area contributed by atoms with E-state index in [4.69, 9.17) is 5.73 Å². The zero-order valence-corrected chi connectivity index (χ0v) is 11.3. The molecule has 0 aromatic heterocycles. The van der Waals surface area contributed by atoms with E-state index in [1.807, 2.05) is 6.07 Å². The molecular formula is C16H21FN2. The maximum atomic E-state index is 14.3. The number of halogens is 1. The van der Waals surface area contributed by atoms with Gasteiger partial charge >= 0.3 is 0 Å². The fourth-order valence-corrected chi connectivity index (χ4v) is 3.99. The highest BCUT2D eigenvalue weighted by molar-refractivity contribution is 5.64. The molecule has 0 amide bonds. The fraction of sp³-hybridized carbons (Fsp3) is 0.625. The normalized spacial score (nSPS) is 25.3. The highest BCUT2D eigenvalue weighted by Gasteiger charge is 2.51. The van der Waals surface area contributed by atoms with Crippen molar-refractivity contribution < 1.29 is 4.39 Å². The van der Waals surface area contributed by atoms with Crippen molar-refractivity contribution in [1.29, 1.82) is 0 Å². The molecule has 2 aliphatic carbocycles. The van der Waals surface area contributed by atoms with Crippen molar-refractivity contribution in [1.82, 2.24) is 0 Å². The highest BCUT2D eigenvalue weighted by atomic mass is 19.1. The molecule has 0 bridgehead atoms. The van der Waals surface area contributed by atoms with Crippen LogP contribution in [0.4, 0.5) is 10.1 Å². The van der Waals surface area contributed by atoms with E-state index in [1.165, 1.54) is 19.3 Å². The molecule has 2 nitrogen and oxygen atoms in total. The summed E-state index contributed by atoms with van der Waals surface area (Å²) in [6, 6.07) is 5.57. The van der Waals surface area contributed by atoms with Crippen LogP contribution in [0, 0.1) is 11.2 Å². The average molecular weight is 260 g/mol. The maximum absolute atomic E-state index is 14.3. The number of nitrogens with two attached hydrogens (primary N) is 1. The van der Waals surface area contributed by atoms with Gasteiger partial charge in [-0.3, -0.25) is 0 Å². The number of hydrogen-bond acceptors (Lipinski definition) is 2. The van der Waals surface area contributed by atoms with E-state index in [0.29, 0.717) is 5.41 Å². The number of rotatable bonds is 3. The minimum absolute atomic E-state index is 0.00250. The van der Waals surface area contributed by atoms with Crippen molar-refractivity contribution in [2.24, 2.45) is 11.1 Å². The van der Waals surface area contributed by atoms with Gasteiger partial charge in [0.2, 0.25) is 0 Å². The summed E-state index contributed by atoms with van der Waals surface area (Å²) in [5.74, 6) is -0.00250. The summed E-state index contributed by atoms with van der Waals surface area (Å²) in [6.45, 7) is 2.79. The van der Waals surface area contributed by atoms with Crippen LogP contribution in [-0.2, 0) is 5.41 Å². The second-order valence-corrected chi connectivity index (χ2v) is 6.83. The van der Waals surface area contributed by atoms with Crippen LogP contribution in [0.2, 0.25) is 0 Å². The lowest BCUT2D eigenvalue weighted by Gasteiger charge is -2.39. The van der Waals surface area contributed by atoms with Crippen molar-refractivity contribution in [3.05, 3.63) is 29.6 Å². The largest absolute Gasteiger partial charge is 0.370 e. The third-order valence-corrected chi connectivity index (χ3v) is 5.58. The summed E-state index contributed by atoms with van der Waals surface area (Å²) in [6.07, 6.45) is 6.00. The second kappa shape index (κ2) is 3.72. The molecule has 1 heterocycles. The van der Waals surface area contributed by atoms with Crippen LogP contribution in [0.3, 0.4) is 0 Å². The Bertz CT molecular complexity index is 517. The first-order valence-electron chi connectivity index (χ1n) is 7.42. The Hall–Kier alpha value is -1.09. The van der Waals surface area contributed by atoms with Crippen molar-refractivity contribution in [2.75, 3.05) is 24.5 Å². The van der Waals surface area contributed by atoms with Crippen LogP contribution in [0.5, 0.6) is 0 Å². The number of fused-ring (bicyclic) bond motifs is 2. The molecule has 3 aliphatic rings. The monoisotopic (exact) mass is 260 g/mol. The fourth-order valence-electron chi connectivity index (χ4n) is 3.99. The lowest BCUT2D eigenvalue weighted by Crippen LogP contribution is -2.42. The Labute approximate surface area is 113 Å². The smallest absolute Gasteiger partial charge is 0.129 e. The Kier molecular flexibility index (Phi) is 2.29. The molecule has 0 saturated heterocycles. The molecule has 2 saturated carbocycles. The molecule has 19 heavy (non-hydrogen) atoms. The van der Waals surface area contributed by atoms with Crippen LogP contribution >= 0.6 is 0 Å². The van der Waals surface area contributed by atoms with Gasteiger partial charge in [-0.15, -0.1) is 0 Å². The zero-order valence-electron chi connectivity index (χ0n) is 11.3. The van der Waals surface area contributed by atoms with Crippen LogP contribution in [0.25, 0.3) is 0 Å². The standard InChI is InChI=1S/C16H21FN2/c17-12-3-1-4-13-14(12)16(5-2-6-16)11-19(13)10-15(9-18)7-8-15/h1,3-4H,2,5-11,18H2. The van der Waals surface area contributed by atoms with E-state index in [1.54, 1.807) is 6.07 Å². The lowest BCUT2D eigenvalue weighted by atomic mass is 9.65. The molecule has 0 atom stereocenters. The van der Waals surface area contributed by atoms with Gasteiger partial charge in [0, 0.05) is 35.2 Å². The molecule has 102 valence electrons. The maximum Gasteiger partial charge on any atom is 0.129 e. The van der Waals surface area contributed by atoms with Crippen LogP contribution < -0.4 is 10.6 Å². The van der Waals surface area contributed by atoms with E-state index in [9.17, 15) is 4.39 Å². The first kappa shape index (κ1) is 11.7. The number of nitrogens with zero attached hydrogens (tertiary/aromatic N) is 1. The minimum Gasteiger partial charge on any atom is -0.370 e. The Balaban J connectivity index is 1.71. The molecule has 1 spiro atoms. The van der Waals surface area contributed by atoms with Crippen LogP contribution in [0.1, 0.15) is 37.7 Å². The minimum atomic E-state index is -0.00250. The van der Waals surface area contributed by atoms with Gasteiger partial charge in [-0.2, -0.15) is 0 Å². The molecule has 0 unspecified atom stereocenters. The van der Waals surface area contributed by atoms with Crippen molar-refractivity contribution in [3.63, 3.8) is 0 Å². The molecule has 2 fully saturated rings. The van der Waals surface area contributed by atoms with Gasteiger partial charge in [0.05, 0.1) is 0 Å². The Morgan fingerprint density at radius 1 is 1.21 bits per heavy atom. The van der Waals surface area contributed by atoms with Gasteiger partial charge < -0.3 is 10.6 Å². The summed E-state index contributed by atoms with van der Waals surface area (Å²) in [4.78, 5) is 2.41. The molecule has 1 aromatic rings. The SMILES string of the molecule is NCC1(CN2CC3(CCC3)c3c(F)cccc32)CC1. The topological polar surface area (TPSA) is 29.3 Å². The third-order valence-electron chi connectivity index (χ3n) is 5.58. The zero-order chi connectivity index (χ0) is 13.1. The summed E-state index contributed by atoms with van der Waals surface area (Å²) >= 11 is 0. The van der Waals surface area contributed by atoms with Crippen molar-refractivity contribution in [2.45, 2.75) is 37.5 Å². The lowest BCUT2D eigenvalue weighted by molar-refractivity contribution is 0.253. The molecule has 2 N–H and O–H groups in total. The van der Waals surface area contributed by atoms with Crippen LogP contribution in [0.15, 0.2) is 18.2 Å². The summed E-state index contributed by atoms with van der Waals surface area (Å²) in [7, 11) is 0. The highest BCUT2D eigenvalue weighted by Crippen LogP contribution is 2.55. The number of anilines is 1.